The van der Waals surface area contributed by atoms with Gasteiger partial charge in [0.1, 0.15) is 0 Å². The maximum atomic E-state index is 4.95. The molecule has 1 heterocycles. The summed E-state index contributed by atoms with van der Waals surface area (Å²) in [6.07, 6.45) is 4.36. The average molecular weight is 537 g/mol. The average Bonchev–Trinajstić information content (AvgIpc) is 3.21. The normalized spacial score (nSPS) is 14.6. The third-order valence-corrected chi connectivity index (χ3v) is 6.13. The molecule has 137 valence electrons. The number of fused-ring (bicyclic) bond motifs is 3. The summed E-state index contributed by atoms with van der Waals surface area (Å²) >= 11 is 0. The first-order valence-electron chi connectivity index (χ1n) is 9.41. The third-order valence-electron chi connectivity index (χ3n) is 6.13. The monoisotopic (exact) mass is 537 g/mol. The largest absolute Gasteiger partial charge is 0.296 e. The van der Waals surface area contributed by atoms with Gasteiger partial charge in [0.05, 0.1) is 5.52 Å². The van der Waals surface area contributed by atoms with E-state index in [9.17, 15) is 0 Å². The minimum Gasteiger partial charge on any atom is -0.296 e. The fourth-order valence-electron chi connectivity index (χ4n) is 4.72. The van der Waals surface area contributed by atoms with Crippen molar-refractivity contribution >= 4 is 23.1 Å². The second-order valence-electron chi connectivity index (χ2n) is 8.02. The van der Waals surface area contributed by atoms with Crippen LogP contribution < -0.4 is 0 Å². The number of nitrogens with zero attached hydrogens (tertiary/aromatic N) is 1. The second kappa shape index (κ2) is 5.98. The molecule has 1 aromatic heterocycles. The molecule has 0 atom stereocenters. The molecule has 0 N–H and O–H groups in total. The first-order chi connectivity index (χ1) is 13.1. The minimum absolute atomic E-state index is 0. The van der Waals surface area contributed by atoms with Crippen molar-refractivity contribution in [2.24, 2.45) is 0 Å². The second-order valence-corrected chi connectivity index (χ2v) is 8.02. The van der Waals surface area contributed by atoms with E-state index < -0.39 is 0 Å². The van der Waals surface area contributed by atoms with Crippen LogP contribution in [0.3, 0.4) is 0 Å². The fraction of sp³-hybridized carbons (Fsp3) is 0.115. The van der Waals surface area contributed by atoms with Crippen LogP contribution in [0.5, 0.6) is 0 Å². The van der Waals surface area contributed by atoms with Gasteiger partial charge in [-0.2, -0.15) is 0 Å². The van der Waals surface area contributed by atoms with E-state index in [4.69, 9.17) is 4.98 Å². The van der Waals surface area contributed by atoms with Gasteiger partial charge in [-0.1, -0.05) is 74.0 Å². The van der Waals surface area contributed by atoms with Crippen LogP contribution in [0, 0.1) is 6.07 Å². The molecule has 1 nitrogen and oxygen atoms in total. The van der Waals surface area contributed by atoms with Gasteiger partial charge in [-0.3, -0.25) is 4.98 Å². The quantitative estimate of drug-likeness (QED) is 0.223. The molecule has 0 saturated carbocycles. The molecular formula is C26H18IrN-. The summed E-state index contributed by atoms with van der Waals surface area (Å²) in [7, 11) is 0. The molecule has 1 radical (unpaired) electrons. The zero-order chi connectivity index (χ0) is 18.2. The molecule has 2 aliphatic rings. The van der Waals surface area contributed by atoms with E-state index in [1.165, 1.54) is 38.8 Å². The van der Waals surface area contributed by atoms with Crippen LogP contribution >= 0.6 is 0 Å². The molecular weight excluding hydrogens is 519 g/mol. The van der Waals surface area contributed by atoms with Gasteiger partial charge in [-0.15, -0.1) is 29.3 Å². The van der Waals surface area contributed by atoms with Gasteiger partial charge in [-0.25, -0.2) is 0 Å². The molecule has 0 spiro atoms. The molecule has 0 saturated heterocycles. The van der Waals surface area contributed by atoms with Gasteiger partial charge < -0.3 is 0 Å². The summed E-state index contributed by atoms with van der Waals surface area (Å²) in [5, 5.41) is 1.26. The van der Waals surface area contributed by atoms with E-state index in [-0.39, 0.29) is 25.5 Å². The van der Waals surface area contributed by atoms with Gasteiger partial charge in [0, 0.05) is 25.5 Å². The van der Waals surface area contributed by atoms with E-state index in [0.717, 1.165) is 16.8 Å². The van der Waals surface area contributed by atoms with E-state index in [2.05, 4.69) is 92.7 Å². The van der Waals surface area contributed by atoms with E-state index in [1.54, 1.807) is 0 Å². The standard InChI is InChI=1S/C26H18N.Ir/c1-26(2)21-8-4-3-7-19(21)20-14-17(12-13-22(20)26)24-15-18-11-10-16-6-5-9-23(27-24)25(16)18;/h3-11,13-15H,1-2H3;/q-1;. The summed E-state index contributed by atoms with van der Waals surface area (Å²) in [6, 6.07) is 25.2. The van der Waals surface area contributed by atoms with Crippen LogP contribution in [0.1, 0.15) is 36.1 Å². The summed E-state index contributed by atoms with van der Waals surface area (Å²) in [4.78, 5) is 4.95. The Balaban J connectivity index is 0.00000171. The zero-order valence-electron chi connectivity index (χ0n) is 15.7. The summed E-state index contributed by atoms with van der Waals surface area (Å²) in [6.45, 7) is 4.60. The van der Waals surface area contributed by atoms with Crippen LogP contribution in [0.15, 0.2) is 60.7 Å². The van der Waals surface area contributed by atoms with E-state index in [0.29, 0.717) is 0 Å². The Morgan fingerprint density at radius 3 is 2.54 bits per heavy atom. The molecule has 0 fully saturated rings. The molecule has 28 heavy (non-hydrogen) atoms. The van der Waals surface area contributed by atoms with Gasteiger partial charge in [0.15, 0.2) is 0 Å². The van der Waals surface area contributed by atoms with Crippen molar-refractivity contribution in [3.8, 4) is 22.4 Å². The molecule has 0 aliphatic heterocycles. The van der Waals surface area contributed by atoms with Crippen molar-refractivity contribution in [1.82, 2.24) is 4.98 Å². The first kappa shape index (κ1) is 17.6. The summed E-state index contributed by atoms with van der Waals surface area (Å²) in [5.74, 6) is 0. The third kappa shape index (κ3) is 2.25. The zero-order valence-corrected chi connectivity index (χ0v) is 18.1. The Labute approximate surface area is 178 Å². The maximum Gasteiger partial charge on any atom is 0.0607 e. The molecule has 0 amide bonds. The number of benzene rings is 3. The topological polar surface area (TPSA) is 12.9 Å². The molecule has 3 aromatic carbocycles. The van der Waals surface area contributed by atoms with E-state index >= 15 is 0 Å². The number of pyridine rings is 1. The molecule has 6 rings (SSSR count). The number of aromatic nitrogens is 1. The first-order valence-corrected chi connectivity index (χ1v) is 9.41. The number of hydrogen-bond acceptors (Lipinski definition) is 1. The van der Waals surface area contributed by atoms with Crippen molar-refractivity contribution in [3.05, 3.63) is 89.0 Å². The molecule has 4 aromatic rings. The summed E-state index contributed by atoms with van der Waals surface area (Å²) < 4.78 is 0. The van der Waals surface area contributed by atoms with Crippen molar-refractivity contribution < 1.29 is 20.1 Å². The Hall–Kier alpha value is -2.54. The van der Waals surface area contributed by atoms with Gasteiger partial charge in [0.2, 0.25) is 0 Å². The van der Waals surface area contributed by atoms with Gasteiger partial charge >= 0.3 is 0 Å². The van der Waals surface area contributed by atoms with Gasteiger partial charge in [0.25, 0.3) is 0 Å². The van der Waals surface area contributed by atoms with Crippen molar-refractivity contribution in [2.75, 3.05) is 0 Å². The summed E-state index contributed by atoms with van der Waals surface area (Å²) in [5.41, 5.74) is 11.0. The van der Waals surface area contributed by atoms with Crippen LogP contribution in [-0.4, -0.2) is 4.98 Å². The smallest absolute Gasteiger partial charge is 0.0607 e. The van der Waals surface area contributed by atoms with Crippen molar-refractivity contribution in [2.45, 2.75) is 19.3 Å². The predicted molar refractivity (Wildman–Crippen MR) is 113 cm³/mol. The Bertz CT molecular complexity index is 1300. The minimum atomic E-state index is 0. The van der Waals surface area contributed by atoms with E-state index in [1.807, 2.05) is 0 Å². The van der Waals surface area contributed by atoms with Crippen LogP contribution in [0.2, 0.25) is 0 Å². The Kier molecular flexibility index (Phi) is 3.75. The van der Waals surface area contributed by atoms with Crippen molar-refractivity contribution in [1.29, 1.82) is 0 Å². The number of hydrogen-bond donors (Lipinski definition) is 0. The van der Waals surface area contributed by atoms with Gasteiger partial charge in [-0.05, 0) is 39.4 Å². The van der Waals surface area contributed by atoms with Crippen LogP contribution in [0.25, 0.3) is 45.4 Å². The maximum absolute atomic E-state index is 4.95. The molecule has 0 unspecified atom stereocenters. The van der Waals surface area contributed by atoms with Crippen LogP contribution in [-0.2, 0) is 25.5 Å². The van der Waals surface area contributed by atoms with Crippen LogP contribution in [0.4, 0.5) is 0 Å². The Morgan fingerprint density at radius 1 is 0.821 bits per heavy atom. The number of rotatable bonds is 1. The molecule has 0 bridgehead atoms. The fourth-order valence-corrected chi connectivity index (χ4v) is 4.72. The molecule has 2 heteroatoms. The molecule has 2 aliphatic carbocycles. The van der Waals surface area contributed by atoms with Crippen molar-refractivity contribution in [3.63, 3.8) is 0 Å². The SMILES string of the molecule is CC1(C)c2c[c-]c(-c3cc4c5c(cccc5n3)C=C4)cc2-c2ccccc21.[Ir]. The Morgan fingerprint density at radius 2 is 1.64 bits per heavy atom. The predicted octanol–water partition coefficient (Wildman–Crippen LogP) is 6.49.